The Morgan fingerprint density at radius 1 is 1.02 bits per heavy atom. The average Bonchev–Trinajstić information content (AvgIpc) is 3.16. The number of nitrogens with one attached hydrogen (secondary N) is 2. The van der Waals surface area contributed by atoms with Crippen LogP contribution < -0.4 is 10.6 Å². The maximum absolute atomic E-state index is 12.7. The standard InChI is InChI=1S/C29H46N2O10/c1-6-16(2)24(25(35)36)31-22(33)8-7-15-30-21(32)11-12-23(34)37-26-18(4)20-10-9-17(3)19-13-14-28(5)39-27(38-26)29(19,20)41-40-28/h16-20,24,26-27H,6-15H2,1-5H3,(H,30,32)(H,31,33)(H,35,36)/t16-,17+,18+,19-,20-,24-,26+,27-,28+,29+/m0/s1. The fourth-order valence-corrected chi connectivity index (χ4v) is 6.90. The highest BCUT2D eigenvalue weighted by atomic mass is 17.3. The minimum Gasteiger partial charge on any atom is -0.480 e. The van der Waals surface area contributed by atoms with Gasteiger partial charge in [0, 0.05) is 37.6 Å². The van der Waals surface area contributed by atoms with Crippen LogP contribution in [0.3, 0.4) is 0 Å². The van der Waals surface area contributed by atoms with E-state index in [-0.39, 0.29) is 61.3 Å². The molecular weight excluding hydrogens is 536 g/mol. The van der Waals surface area contributed by atoms with Gasteiger partial charge < -0.3 is 30.0 Å². The lowest BCUT2D eigenvalue weighted by Gasteiger charge is -2.59. The van der Waals surface area contributed by atoms with Gasteiger partial charge in [-0.25, -0.2) is 14.6 Å². The summed E-state index contributed by atoms with van der Waals surface area (Å²) >= 11 is 0. The van der Waals surface area contributed by atoms with Crippen LogP contribution in [0.15, 0.2) is 0 Å². The van der Waals surface area contributed by atoms with E-state index in [9.17, 15) is 24.3 Å². The minimum atomic E-state index is -1.07. The smallest absolute Gasteiger partial charge is 0.326 e. The topological polar surface area (TPSA) is 159 Å². The van der Waals surface area contributed by atoms with Crippen molar-refractivity contribution >= 4 is 23.8 Å². The maximum atomic E-state index is 12.7. The van der Waals surface area contributed by atoms with Gasteiger partial charge in [0.2, 0.25) is 23.9 Å². The molecule has 3 N–H and O–H groups in total. The van der Waals surface area contributed by atoms with Gasteiger partial charge in [0.25, 0.3) is 0 Å². The lowest BCUT2D eigenvalue weighted by Crippen LogP contribution is -2.70. The maximum Gasteiger partial charge on any atom is 0.326 e. The lowest BCUT2D eigenvalue weighted by atomic mass is 9.58. The second-order valence-electron chi connectivity index (χ2n) is 12.5. The first-order valence-corrected chi connectivity index (χ1v) is 15.1. The fraction of sp³-hybridized carbons (Fsp3) is 0.862. The molecule has 5 aliphatic rings. The number of rotatable bonds is 12. The number of ether oxygens (including phenoxy) is 3. The van der Waals surface area contributed by atoms with Crippen LogP contribution in [0.2, 0.25) is 0 Å². The molecule has 4 saturated heterocycles. The van der Waals surface area contributed by atoms with Crippen molar-refractivity contribution in [3.05, 3.63) is 0 Å². The number of carboxylic acid groups (broad SMARTS) is 1. The zero-order valence-electron chi connectivity index (χ0n) is 24.8. The summed E-state index contributed by atoms with van der Waals surface area (Å²) in [5.41, 5.74) is -0.741. The average molecular weight is 583 g/mol. The van der Waals surface area contributed by atoms with Gasteiger partial charge >= 0.3 is 11.9 Å². The normalized spacial score (nSPS) is 37.2. The Hall–Kier alpha value is -2.28. The van der Waals surface area contributed by atoms with Crippen LogP contribution >= 0.6 is 0 Å². The zero-order chi connectivity index (χ0) is 29.9. The fourth-order valence-electron chi connectivity index (χ4n) is 6.90. The molecule has 5 rings (SSSR count). The summed E-state index contributed by atoms with van der Waals surface area (Å²) in [6.07, 6.45) is 2.84. The minimum absolute atomic E-state index is 0.0272. The van der Waals surface area contributed by atoms with E-state index in [1.54, 1.807) is 6.92 Å². The first-order valence-electron chi connectivity index (χ1n) is 15.1. The number of fused-ring (bicyclic) bond motifs is 2. The molecule has 1 saturated carbocycles. The Labute approximate surface area is 241 Å². The monoisotopic (exact) mass is 582 g/mol. The molecule has 1 spiro atoms. The van der Waals surface area contributed by atoms with E-state index in [4.69, 9.17) is 24.0 Å². The van der Waals surface area contributed by atoms with E-state index in [2.05, 4.69) is 17.6 Å². The molecule has 232 valence electrons. The second kappa shape index (κ2) is 12.9. The van der Waals surface area contributed by atoms with Crippen molar-refractivity contribution in [2.45, 2.75) is 122 Å². The number of hydrogen-bond donors (Lipinski definition) is 3. The summed E-state index contributed by atoms with van der Waals surface area (Å²) in [4.78, 5) is 60.4. The lowest BCUT2D eigenvalue weighted by molar-refractivity contribution is -0.576. The van der Waals surface area contributed by atoms with Gasteiger partial charge in [0.1, 0.15) is 6.04 Å². The summed E-state index contributed by atoms with van der Waals surface area (Å²) in [5.74, 6) is -2.93. The van der Waals surface area contributed by atoms with Crippen molar-refractivity contribution in [2.24, 2.45) is 29.6 Å². The number of carbonyl (C=O) groups is 4. The number of amides is 2. The predicted molar refractivity (Wildman–Crippen MR) is 143 cm³/mol. The molecule has 0 aromatic carbocycles. The highest BCUT2D eigenvalue weighted by Crippen LogP contribution is 2.60. The van der Waals surface area contributed by atoms with Gasteiger partial charge in [-0.1, -0.05) is 34.1 Å². The largest absolute Gasteiger partial charge is 0.480 e. The summed E-state index contributed by atoms with van der Waals surface area (Å²) < 4.78 is 18.3. The first-order chi connectivity index (χ1) is 19.4. The number of carboxylic acids is 1. The van der Waals surface area contributed by atoms with Crippen LogP contribution in [0.1, 0.15) is 92.4 Å². The number of esters is 1. The highest BCUT2D eigenvalue weighted by Gasteiger charge is 2.69. The summed E-state index contributed by atoms with van der Waals surface area (Å²) in [5, 5.41) is 14.5. The Morgan fingerprint density at radius 2 is 1.78 bits per heavy atom. The van der Waals surface area contributed by atoms with Gasteiger partial charge in [-0.2, -0.15) is 0 Å². The third kappa shape index (κ3) is 6.71. The molecule has 12 heteroatoms. The van der Waals surface area contributed by atoms with E-state index >= 15 is 0 Å². The molecular formula is C29H46N2O10. The van der Waals surface area contributed by atoms with Crippen molar-refractivity contribution in [1.29, 1.82) is 0 Å². The third-order valence-corrected chi connectivity index (χ3v) is 9.60. The summed E-state index contributed by atoms with van der Waals surface area (Å²) in [6, 6.07) is -0.939. The molecule has 0 radical (unpaired) electrons. The van der Waals surface area contributed by atoms with Gasteiger partial charge in [-0.15, -0.1) is 0 Å². The van der Waals surface area contributed by atoms with Crippen molar-refractivity contribution in [3.63, 3.8) is 0 Å². The zero-order valence-corrected chi connectivity index (χ0v) is 24.8. The molecule has 1 aliphatic carbocycles. The van der Waals surface area contributed by atoms with Crippen molar-refractivity contribution in [2.75, 3.05) is 6.54 Å². The van der Waals surface area contributed by atoms with Gasteiger partial charge in [0.05, 0.1) is 6.42 Å². The Kier molecular flexibility index (Phi) is 9.98. The van der Waals surface area contributed by atoms with Crippen LogP contribution in [0.4, 0.5) is 0 Å². The second-order valence-corrected chi connectivity index (χ2v) is 12.5. The van der Waals surface area contributed by atoms with Crippen LogP contribution in [0.5, 0.6) is 0 Å². The van der Waals surface area contributed by atoms with Gasteiger partial charge in [0.15, 0.2) is 11.9 Å². The first kappa shape index (κ1) is 31.7. The third-order valence-electron chi connectivity index (χ3n) is 9.60. The summed E-state index contributed by atoms with van der Waals surface area (Å²) in [6.45, 7) is 9.93. The predicted octanol–water partition coefficient (Wildman–Crippen LogP) is 3.03. The van der Waals surface area contributed by atoms with Crippen molar-refractivity contribution in [3.8, 4) is 0 Å². The number of hydrogen-bond acceptors (Lipinski definition) is 9. The van der Waals surface area contributed by atoms with Crippen LogP contribution in [0.25, 0.3) is 0 Å². The summed E-state index contributed by atoms with van der Waals surface area (Å²) in [7, 11) is 0. The van der Waals surface area contributed by atoms with Crippen LogP contribution in [0, 0.1) is 29.6 Å². The Bertz CT molecular complexity index is 993. The van der Waals surface area contributed by atoms with Gasteiger partial charge in [-0.3, -0.25) is 14.4 Å². The number of carbonyl (C=O) groups excluding carboxylic acids is 3. The molecule has 0 aromatic heterocycles. The van der Waals surface area contributed by atoms with Crippen LogP contribution in [-0.2, 0) is 43.2 Å². The van der Waals surface area contributed by atoms with E-state index in [0.29, 0.717) is 25.2 Å². The SMILES string of the molecule is CC[C@H](C)[C@H](NC(=O)CCCNC(=O)CCC(=O)O[C@@H]1O[C@H]2O[C@@]3(C)CC[C@H]4[C@H](C)CC[C@@H]([C@H]1C)[C@@]24OO3)C(=O)O. The van der Waals surface area contributed by atoms with Crippen LogP contribution in [-0.4, -0.2) is 65.4 Å². The molecule has 41 heavy (non-hydrogen) atoms. The van der Waals surface area contributed by atoms with E-state index in [1.807, 2.05) is 20.8 Å². The van der Waals surface area contributed by atoms with E-state index in [1.165, 1.54) is 0 Å². The molecule has 0 aromatic rings. The molecule has 2 amide bonds. The number of aliphatic carboxylic acids is 1. The van der Waals surface area contributed by atoms with Crippen molar-refractivity contribution in [1.82, 2.24) is 10.6 Å². The Balaban J connectivity index is 1.21. The molecule has 0 unspecified atom stereocenters. The molecule has 10 atom stereocenters. The van der Waals surface area contributed by atoms with E-state index in [0.717, 1.165) is 19.3 Å². The molecule has 4 aliphatic heterocycles. The molecule has 5 fully saturated rings. The quantitative estimate of drug-likeness (QED) is 0.177. The highest BCUT2D eigenvalue weighted by molar-refractivity contribution is 5.84. The molecule has 4 heterocycles. The van der Waals surface area contributed by atoms with E-state index < -0.39 is 41.9 Å². The molecule has 2 bridgehead atoms. The van der Waals surface area contributed by atoms with Crippen molar-refractivity contribution < 1.29 is 48.3 Å². The van der Waals surface area contributed by atoms with Gasteiger partial charge in [-0.05, 0) is 50.4 Å². The Morgan fingerprint density at radius 3 is 2.49 bits per heavy atom. The molecule has 12 nitrogen and oxygen atoms in total.